The molecule has 0 unspecified atom stereocenters. The van der Waals surface area contributed by atoms with Crippen LogP contribution in [-0.2, 0) is 9.59 Å². The Hall–Kier alpha value is -0.810. The maximum Gasteiger partial charge on any atom is 0.394 e. The van der Waals surface area contributed by atoms with E-state index in [1.165, 1.54) is 7.05 Å². The van der Waals surface area contributed by atoms with Crippen LogP contribution in [0.25, 0.3) is 0 Å². The van der Waals surface area contributed by atoms with Crippen LogP contribution in [0.4, 0.5) is 0 Å². The maximum atomic E-state index is 10.4. The summed E-state index contributed by atoms with van der Waals surface area (Å²) in [6, 6.07) is 0. The minimum Gasteiger partial charge on any atom is -0.474 e. The standard InChI is InChI=1S/C5H9NO3.C2H7N.ClH/c1-3-6(2)4(7)5(8)9;1-3-2;/h3H2,1-2H3,(H,8,9);3H,1-2H3;1H. The highest BCUT2D eigenvalue weighted by Gasteiger charge is 2.14. The van der Waals surface area contributed by atoms with Crippen molar-refractivity contribution in [2.24, 2.45) is 0 Å². The second kappa shape index (κ2) is 11.2. The summed E-state index contributed by atoms with van der Waals surface area (Å²) in [6.45, 7) is 2.13. The van der Waals surface area contributed by atoms with Gasteiger partial charge in [-0.3, -0.25) is 4.79 Å². The first-order chi connectivity index (χ1) is 5.51. The normalized spacial score (nSPS) is 7.38. The van der Waals surface area contributed by atoms with E-state index in [1.807, 2.05) is 14.1 Å². The molecule has 5 nitrogen and oxygen atoms in total. The third-order valence-electron chi connectivity index (χ3n) is 1.00. The van der Waals surface area contributed by atoms with E-state index in [-0.39, 0.29) is 12.4 Å². The van der Waals surface area contributed by atoms with Crippen LogP contribution < -0.4 is 5.32 Å². The van der Waals surface area contributed by atoms with Gasteiger partial charge in [-0.15, -0.1) is 12.4 Å². The number of carboxylic acid groups (broad SMARTS) is 1. The van der Waals surface area contributed by atoms with Crippen LogP contribution in [0.1, 0.15) is 6.92 Å². The van der Waals surface area contributed by atoms with Gasteiger partial charge in [0.1, 0.15) is 0 Å². The van der Waals surface area contributed by atoms with Crippen LogP contribution >= 0.6 is 12.4 Å². The van der Waals surface area contributed by atoms with Crippen molar-refractivity contribution in [3.63, 3.8) is 0 Å². The molecule has 0 radical (unpaired) electrons. The number of carbonyl (C=O) groups excluding carboxylic acids is 1. The molecule has 0 heterocycles. The number of carboxylic acids is 1. The average molecular weight is 213 g/mol. The highest BCUT2D eigenvalue weighted by atomic mass is 35.5. The van der Waals surface area contributed by atoms with Crippen molar-refractivity contribution in [1.82, 2.24) is 10.2 Å². The third-order valence-corrected chi connectivity index (χ3v) is 1.00. The molecule has 0 saturated carbocycles. The van der Waals surface area contributed by atoms with Crippen molar-refractivity contribution in [3.8, 4) is 0 Å². The molecule has 0 aliphatic rings. The summed E-state index contributed by atoms with van der Waals surface area (Å²) >= 11 is 0. The second-order valence-electron chi connectivity index (χ2n) is 2.12. The Labute approximate surface area is 84.5 Å². The Morgan fingerprint density at radius 2 is 1.69 bits per heavy atom. The van der Waals surface area contributed by atoms with Gasteiger partial charge in [-0.25, -0.2) is 4.79 Å². The van der Waals surface area contributed by atoms with Gasteiger partial charge < -0.3 is 15.3 Å². The van der Waals surface area contributed by atoms with Crippen molar-refractivity contribution in [2.75, 3.05) is 27.7 Å². The van der Waals surface area contributed by atoms with Crippen LogP contribution in [0.3, 0.4) is 0 Å². The lowest BCUT2D eigenvalue weighted by atomic mass is 10.5. The monoisotopic (exact) mass is 212 g/mol. The molecule has 13 heavy (non-hydrogen) atoms. The lowest BCUT2D eigenvalue weighted by molar-refractivity contribution is -0.155. The van der Waals surface area contributed by atoms with Gasteiger partial charge in [0.15, 0.2) is 0 Å². The van der Waals surface area contributed by atoms with E-state index < -0.39 is 11.9 Å². The molecule has 0 aliphatic carbocycles. The zero-order valence-electron chi connectivity index (χ0n) is 8.33. The minimum atomic E-state index is -1.40. The summed E-state index contributed by atoms with van der Waals surface area (Å²) in [5.41, 5.74) is 0. The first-order valence-corrected chi connectivity index (χ1v) is 3.58. The van der Waals surface area contributed by atoms with Crippen molar-refractivity contribution >= 4 is 24.3 Å². The molecule has 0 aromatic heterocycles. The van der Waals surface area contributed by atoms with E-state index in [1.54, 1.807) is 6.92 Å². The van der Waals surface area contributed by atoms with Gasteiger partial charge in [-0.2, -0.15) is 0 Å². The minimum absolute atomic E-state index is 0. The largest absolute Gasteiger partial charge is 0.474 e. The van der Waals surface area contributed by atoms with Gasteiger partial charge >= 0.3 is 11.9 Å². The quantitative estimate of drug-likeness (QED) is 0.591. The van der Waals surface area contributed by atoms with E-state index in [0.717, 1.165) is 4.90 Å². The van der Waals surface area contributed by atoms with Gasteiger partial charge in [-0.05, 0) is 21.0 Å². The fraction of sp³-hybridized carbons (Fsp3) is 0.714. The fourth-order valence-corrected chi connectivity index (χ4v) is 0.307. The molecule has 6 heteroatoms. The van der Waals surface area contributed by atoms with Gasteiger partial charge in [-0.1, -0.05) is 0 Å². The Morgan fingerprint density at radius 3 is 1.77 bits per heavy atom. The van der Waals surface area contributed by atoms with E-state index in [4.69, 9.17) is 5.11 Å². The summed E-state index contributed by atoms with van der Waals surface area (Å²) in [4.78, 5) is 21.4. The number of carbonyl (C=O) groups is 2. The smallest absolute Gasteiger partial charge is 0.394 e. The first-order valence-electron chi connectivity index (χ1n) is 3.58. The van der Waals surface area contributed by atoms with E-state index in [0.29, 0.717) is 6.54 Å². The van der Waals surface area contributed by atoms with E-state index in [9.17, 15) is 9.59 Å². The lowest BCUT2D eigenvalue weighted by Crippen LogP contribution is -2.32. The van der Waals surface area contributed by atoms with Gasteiger partial charge in [0.25, 0.3) is 0 Å². The Balaban J connectivity index is -0.000000220. The molecule has 0 fully saturated rings. The molecule has 0 rings (SSSR count). The molecule has 1 amide bonds. The summed E-state index contributed by atoms with van der Waals surface area (Å²) < 4.78 is 0. The molecule has 0 saturated heterocycles. The van der Waals surface area contributed by atoms with Crippen LogP contribution in [0.2, 0.25) is 0 Å². The van der Waals surface area contributed by atoms with Crippen LogP contribution in [0.5, 0.6) is 0 Å². The van der Waals surface area contributed by atoms with Crippen LogP contribution in [0.15, 0.2) is 0 Å². The maximum absolute atomic E-state index is 10.4. The highest BCUT2D eigenvalue weighted by molar-refractivity contribution is 6.31. The summed E-state index contributed by atoms with van der Waals surface area (Å²) in [7, 11) is 5.19. The number of amides is 1. The Kier molecular flexibility index (Phi) is 15.6. The number of likely N-dealkylation sites (N-methyl/N-ethyl adjacent to an activating group) is 1. The molecular weight excluding hydrogens is 196 g/mol. The van der Waals surface area contributed by atoms with Gasteiger partial charge in [0.05, 0.1) is 0 Å². The van der Waals surface area contributed by atoms with E-state index >= 15 is 0 Å². The van der Waals surface area contributed by atoms with Crippen molar-refractivity contribution < 1.29 is 14.7 Å². The number of aliphatic carboxylic acids is 1. The lowest BCUT2D eigenvalue weighted by Gasteiger charge is -2.09. The Bertz CT molecular complexity index is 153. The number of nitrogens with zero attached hydrogens (tertiary/aromatic N) is 1. The number of halogens is 1. The second-order valence-corrected chi connectivity index (χ2v) is 2.12. The van der Waals surface area contributed by atoms with Crippen molar-refractivity contribution in [1.29, 1.82) is 0 Å². The average Bonchev–Trinajstić information content (AvgIpc) is 2.03. The number of hydrogen-bond donors (Lipinski definition) is 2. The molecule has 0 aromatic rings. The zero-order chi connectivity index (χ0) is 10.1. The van der Waals surface area contributed by atoms with Crippen molar-refractivity contribution in [2.45, 2.75) is 6.92 Å². The van der Waals surface area contributed by atoms with Gasteiger partial charge in [0.2, 0.25) is 0 Å². The SMILES string of the molecule is CCN(C)C(=O)C(=O)O.CNC.Cl. The predicted octanol–water partition coefficient (Wildman–Crippen LogP) is -0.193. The summed E-state index contributed by atoms with van der Waals surface area (Å²) in [5, 5.41) is 10.8. The number of rotatable bonds is 1. The summed E-state index contributed by atoms with van der Waals surface area (Å²) in [6.07, 6.45) is 0. The zero-order valence-corrected chi connectivity index (χ0v) is 9.14. The molecule has 0 bridgehead atoms. The molecular formula is C7H17ClN2O3. The van der Waals surface area contributed by atoms with Gasteiger partial charge in [0, 0.05) is 13.6 Å². The van der Waals surface area contributed by atoms with Crippen molar-refractivity contribution in [3.05, 3.63) is 0 Å². The molecule has 80 valence electrons. The topological polar surface area (TPSA) is 69.6 Å². The fourth-order valence-electron chi connectivity index (χ4n) is 0.307. The highest BCUT2D eigenvalue weighted by Crippen LogP contribution is 1.81. The first kappa shape index (κ1) is 18.1. The molecule has 0 atom stereocenters. The Morgan fingerprint density at radius 1 is 1.38 bits per heavy atom. The third kappa shape index (κ3) is 11.2. The predicted molar refractivity (Wildman–Crippen MR) is 53.2 cm³/mol. The number of nitrogens with one attached hydrogen (secondary N) is 1. The van der Waals surface area contributed by atoms with Crippen LogP contribution in [0, 0.1) is 0 Å². The number of hydrogen-bond acceptors (Lipinski definition) is 3. The molecule has 0 aromatic carbocycles. The molecule has 2 N–H and O–H groups in total. The molecule has 0 spiro atoms. The summed E-state index contributed by atoms with van der Waals surface area (Å²) in [5.74, 6) is -2.27. The van der Waals surface area contributed by atoms with Crippen LogP contribution in [-0.4, -0.2) is 49.6 Å². The molecule has 0 aliphatic heterocycles. The van der Waals surface area contributed by atoms with E-state index in [2.05, 4.69) is 5.32 Å².